The molecule has 0 saturated carbocycles. The quantitative estimate of drug-likeness (QED) is 0.723. The maximum absolute atomic E-state index is 13.2. The van der Waals surface area contributed by atoms with Gasteiger partial charge in [0.1, 0.15) is 5.82 Å². The first kappa shape index (κ1) is 15.0. The molecule has 1 aromatic carbocycles. The van der Waals surface area contributed by atoms with Gasteiger partial charge < -0.3 is 10.4 Å². The number of rotatable bonds is 3. The lowest BCUT2D eigenvalue weighted by molar-refractivity contribution is -0.146. The molecule has 0 aliphatic carbocycles. The Hall–Kier alpha value is -2.91. The number of nitrogens with zero attached hydrogens (tertiary/aromatic N) is 4. The number of hydrogen-bond acceptors (Lipinski definition) is 5. The summed E-state index contributed by atoms with van der Waals surface area (Å²) < 4.78 is 52.1. The molecule has 0 atom stereocenters. The van der Waals surface area contributed by atoms with Crippen LogP contribution in [0.25, 0.3) is 5.65 Å². The first-order chi connectivity index (χ1) is 10.8. The second kappa shape index (κ2) is 5.38. The topological polar surface area (TPSA) is 75.3 Å². The van der Waals surface area contributed by atoms with Gasteiger partial charge in [0.15, 0.2) is 17.2 Å². The van der Waals surface area contributed by atoms with Crippen LogP contribution >= 0.6 is 0 Å². The molecule has 0 saturated heterocycles. The van der Waals surface area contributed by atoms with Gasteiger partial charge in [-0.15, -0.1) is 15.3 Å². The Kier molecular flexibility index (Phi) is 3.51. The lowest BCUT2D eigenvalue weighted by atomic mass is 10.2. The third kappa shape index (κ3) is 3.00. The second-order valence-corrected chi connectivity index (χ2v) is 4.65. The van der Waals surface area contributed by atoms with Crippen molar-refractivity contribution in [2.45, 2.75) is 12.7 Å². The van der Waals surface area contributed by atoms with Gasteiger partial charge in [-0.05, 0) is 29.8 Å². The van der Waals surface area contributed by atoms with Crippen molar-refractivity contribution >= 4 is 11.5 Å². The van der Waals surface area contributed by atoms with Crippen molar-refractivity contribution in [3.05, 3.63) is 47.5 Å². The summed E-state index contributed by atoms with van der Waals surface area (Å²) in [6, 6.07) is 6.53. The molecule has 0 bridgehead atoms. The van der Waals surface area contributed by atoms with E-state index in [0.717, 1.165) is 6.07 Å². The van der Waals surface area contributed by atoms with Gasteiger partial charge in [-0.1, -0.05) is 6.07 Å². The van der Waals surface area contributed by atoms with Gasteiger partial charge in [0.05, 0.1) is 0 Å². The number of anilines is 1. The smallest absolute Gasteiger partial charge is 0.453 e. The van der Waals surface area contributed by atoms with Gasteiger partial charge in [0.25, 0.3) is 5.82 Å². The minimum atomic E-state index is -4.68. The van der Waals surface area contributed by atoms with Crippen molar-refractivity contribution in [3.8, 4) is 5.75 Å². The van der Waals surface area contributed by atoms with Crippen LogP contribution in [0.5, 0.6) is 5.75 Å². The number of alkyl halides is 3. The van der Waals surface area contributed by atoms with Gasteiger partial charge in [0.2, 0.25) is 0 Å². The predicted octanol–water partition coefficient (Wildman–Crippen LogP) is 2.60. The minimum Gasteiger partial charge on any atom is -0.505 e. The summed E-state index contributed by atoms with van der Waals surface area (Å²) in [5, 5.41) is 22.1. The van der Waals surface area contributed by atoms with Crippen LogP contribution in [0.1, 0.15) is 11.4 Å². The molecule has 0 amide bonds. The van der Waals surface area contributed by atoms with Crippen molar-refractivity contribution in [3.63, 3.8) is 0 Å². The van der Waals surface area contributed by atoms with Crippen LogP contribution in [0, 0.1) is 5.82 Å². The maximum Gasteiger partial charge on any atom is 0.453 e. The largest absolute Gasteiger partial charge is 0.505 e. The second-order valence-electron chi connectivity index (χ2n) is 4.65. The number of nitrogens with one attached hydrogen (secondary N) is 1. The summed E-state index contributed by atoms with van der Waals surface area (Å²) in [5.74, 6) is -2.36. The van der Waals surface area contributed by atoms with Gasteiger partial charge >= 0.3 is 6.18 Å². The Morgan fingerprint density at radius 1 is 1.13 bits per heavy atom. The van der Waals surface area contributed by atoms with Crippen molar-refractivity contribution in [1.82, 2.24) is 19.8 Å². The van der Waals surface area contributed by atoms with E-state index < -0.39 is 23.6 Å². The molecule has 2 heterocycles. The Balaban J connectivity index is 1.84. The van der Waals surface area contributed by atoms with Gasteiger partial charge in [0, 0.05) is 6.54 Å². The zero-order valence-corrected chi connectivity index (χ0v) is 11.3. The molecule has 2 aromatic heterocycles. The minimum absolute atomic E-state index is 0.0430. The van der Waals surface area contributed by atoms with Crippen LogP contribution in [0.4, 0.5) is 23.4 Å². The molecule has 2 N–H and O–H groups in total. The number of halogens is 4. The summed E-state index contributed by atoms with van der Waals surface area (Å²) in [6.07, 6.45) is -4.68. The fraction of sp³-hybridized carbons (Fsp3) is 0.154. The lowest BCUT2D eigenvalue weighted by Crippen LogP contribution is -2.13. The number of aromatic nitrogens is 4. The molecule has 0 aliphatic heterocycles. The molecular weight excluding hydrogens is 318 g/mol. The van der Waals surface area contributed by atoms with Gasteiger partial charge in [-0.2, -0.15) is 17.7 Å². The maximum atomic E-state index is 13.2. The zero-order chi connectivity index (χ0) is 16.6. The number of hydrogen-bond donors (Lipinski definition) is 2. The van der Waals surface area contributed by atoms with E-state index in [2.05, 4.69) is 20.6 Å². The molecule has 6 nitrogen and oxygen atoms in total. The fourth-order valence-electron chi connectivity index (χ4n) is 1.91. The average molecular weight is 327 g/mol. The molecule has 3 rings (SSSR count). The van der Waals surface area contributed by atoms with Crippen LogP contribution in [0.15, 0.2) is 30.3 Å². The summed E-state index contributed by atoms with van der Waals surface area (Å²) in [4.78, 5) is 0. The van der Waals surface area contributed by atoms with Crippen molar-refractivity contribution in [1.29, 1.82) is 0 Å². The summed E-state index contributed by atoms with van der Waals surface area (Å²) >= 11 is 0. The van der Waals surface area contributed by atoms with Crippen molar-refractivity contribution in [2.75, 3.05) is 5.32 Å². The van der Waals surface area contributed by atoms with E-state index in [9.17, 15) is 17.6 Å². The van der Waals surface area contributed by atoms with E-state index in [1.165, 1.54) is 24.3 Å². The molecule has 0 aliphatic rings. The molecule has 23 heavy (non-hydrogen) atoms. The molecule has 0 unspecified atom stereocenters. The van der Waals surface area contributed by atoms with E-state index in [4.69, 9.17) is 5.11 Å². The first-order valence-corrected chi connectivity index (χ1v) is 6.35. The highest BCUT2D eigenvalue weighted by Crippen LogP contribution is 2.27. The highest BCUT2D eigenvalue weighted by Gasteiger charge is 2.37. The normalized spacial score (nSPS) is 11.8. The van der Waals surface area contributed by atoms with Crippen LogP contribution in [-0.2, 0) is 12.7 Å². The van der Waals surface area contributed by atoms with E-state index in [0.29, 0.717) is 10.1 Å². The third-order valence-corrected chi connectivity index (χ3v) is 3.00. The molecule has 0 radical (unpaired) electrons. The Bertz CT molecular complexity index is 861. The van der Waals surface area contributed by atoms with E-state index in [-0.39, 0.29) is 18.0 Å². The molecule has 0 spiro atoms. The molecule has 10 heteroatoms. The van der Waals surface area contributed by atoms with Gasteiger partial charge in [-0.25, -0.2) is 4.39 Å². The Labute approximate surface area is 126 Å². The third-order valence-electron chi connectivity index (χ3n) is 3.00. The standard InChI is InChI=1S/C13H9F4N5O/c14-8-5-7(1-2-9(8)23)6-18-10-3-4-11-19-20-12(13(15,16)17)22(11)21-10/h1-5,23H,6H2,(H,18,21). The SMILES string of the molecule is Oc1ccc(CNc2ccc3nnc(C(F)(F)F)n3n2)cc1F. The van der Waals surface area contributed by atoms with Gasteiger partial charge in [-0.3, -0.25) is 0 Å². The Morgan fingerprint density at radius 2 is 1.91 bits per heavy atom. The summed E-state index contributed by atoms with van der Waals surface area (Å²) in [6.45, 7) is 0.110. The molecule has 0 fully saturated rings. The predicted molar refractivity (Wildman–Crippen MR) is 71.2 cm³/mol. The van der Waals surface area contributed by atoms with Crippen LogP contribution in [0.2, 0.25) is 0 Å². The number of phenolic OH excluding ortho intramolecular Hbond substituents is 1. The monoisotopic (exact) mass is 327 g/mol. The zero-order valence-electron chi connectivity index (χ0n) is 11.3. The number of aromatic hydroxyl groups is 1. The number of phenols is 1. The summed E-state index contributed by atoms with van der Waals surface area (Å²) in [7, 11) is 0. The van der Waals surface area contributed by atoms with Crippen molar-refractivity contribution < 1.29 is 22.7 Å². The van der Waals surface area contributed by atoms with Crippen LogP contribution in [-0.4, -0.2) is 24.9 Å². The molecule has 3 aromatic rings. The highest BCUT2D eigenvalue weighted by atomic mass is 19.4. The molecule has 120 valence electrons. The average Bonchev–Trinajstić information content (AvgIpc) is 2.91. The Morgan fingerprint density at radius 3 is 2.61 bits per heavy atom. The lowest BCUT2D eigenvalue weighted by Gasteiger charge is -2.08. The van der Waals surface area contributed by atoms with Crippen LogP contribution in [0.3, 0.4) is 0 Å². The fourth-order valence-corrected chi connectivity index (χ4v) is 1.91. The first-order valence-electron chi connectivity index (χ1n) is 6.35. The summed E-state index contributed by atoms with van der Waals surface area (Å²) in [5.41, 5.74) is 0.445. The van der Waals surface area contributed by atoms with Crippen molar-refractivity contribution in [2.24, 2.45) is 0 Å². The van der Waals surface area contributed by atoms with E-state index in [1.54, 1.807) is 0 Å². The van der Waals surface area contributed by atoms with E-state index >= 15 is 0 Å². The number of fused-ring (bicyclic) bond motifs is 1. The van der Waals surface area contributed by atoms with E-state index in [1.807, 2.05) is 0 Å². The van der Waals surface area contributed by atoms with Crippen LogP contribution < -0.4 is 5.32 Å². The molecular formula is C13H9F4N5O. The highest BCUT2D eigenvalue weighted by molar-refractivity contribution is 5.44. The number of benzene rings is 1.